The summed E-state index contributed by atoms with van der Waals surface area (Å²) < 4.78 is 10.1. The van der Waals surface area contributed by atoms with Crippen LogP contribution in [0.1, 0.15) is 16.7 Å². The Balaban J connectivity index is 1.73. The van der Waals surface area contributed by atoms with Crippen molar-refractivity contribution in [3.05, 3.63) is 95.6 Å². The molecule has 0 saturated heterocycles. The number of benzene rings is 3. The highest BCUT2D eigenvalue weighted by molar-refractivity contribution is 5.90. The van der Waals surface area contributed by atoms with Gasteiger partial charge in [-0.25, -0.2) is 9.59 Å². The van der Waals surface area contributed by atoms with Crippen LogP contribution in [0.25, 0.3) is 0 Å². The number of carbonyl (C=O) groups is 3. The van der Waals surface area contributed by atoms with Crippen molar-refractivity contribution in [2.24, 2.45) is 0 Å². The third kappa shape index (κ3) is 8.05. The van der Waals surface area contributed by atoms with Crippen molar-refractivity contribution in [3.8, 4) is 11.5 Å². The summed E-state index contributed by atoms with van der Waals surface area (Å²) in [6, 6.07) is 19.4. The Morgan fingerprint density at radius 1 is 0.722 bits per heavy atom. The van der Waals surface area contributed by atoms with E-state index < -0.39 is 30.1 Å². The zero-order valence-corrected chi connectivity index (χ0v) is 19.7. The fourth-order valence-corrected chi connectivity index (χ4v) is 3.46. The highest BCUT2D eigenvalue weighted by atomic mass is 16.5. The molecule has 0 bridgehead atoms. The van der Waals surface area contributed by atoms with Crippen molar-refractivity contribution in [2.45, 2.75) is 31.5 Å². The van der Waals surface area contributed by atoms with Crippen LogP contribution >= 0.6 is 0 Å². The second-order valence-corrected chi connectivity index (χ2v) is 8.08. The van der Waals surface area contributed by atoms with Crippen molar-refractivity contribution < 1.29 is 34.1 Å². The molecule has 0 aliphatic heterocycles. The predicted octanol–water partition coefficient (Wildman–Crippen LogP) is 2.84. The minimum Gasteiger partial charge on any atom is -0.508 e. The fraction of sp³-hybridized carbons (Fsp3) is 0.222. The van der Waals surface area contributed by atoms with E-state index >= 15 is 0 Å². The molecule has 3 aromatic carbocycles. The summed E-state index contributed by atoms with van der Waals surface area (Å²) >= 11 is 0. The van der Waals surface area contributed by atoms with Crippen LogP contribution in [0.4, 0.5) is 4.79 Å². The molecule has 0 radical (unpaired) electrons. The predicted molar refractivity (Wildman–Crippen MR) is 131 cm³/mol. The van der Waals surface area contributed by atoms with E-state index in [1.54, 1.807) is 36.4 Å². The normalized spacial score (nSPS) is 12.1. The lowest BCUT2D eigenvalue weighted by Gasteiger charge is -2.22. The van der Waals surface area contributed by atoms with Crippen molar-refractivity contribution in [3.63, 3.8) is 0 Å². The molecule has 9 nitrogen and oxygen atoms in total. The van der Waals surface area contributed by atoms with Crippen LogP contribution in [0.5, 0.6) is 11.5 Å². The summed E-state index contributed by atoms with van der Waals surface area (Å²) in [5.74, 6) is -1.14. The summed E-state index contributed by atoms with van der Waals surface area (Å²) in [7, 11) is 1.21. The lowest BCUT2D eigenvalue weighted by molar-refractivity contribution is -0.145. The van der Waals surface area contributed by atoms with E-state index in [0.717, 1.165) is 5.56 Å². The van der Waals surface area contributed by atoms with Gasteiger partial charge in [0.15, 0.2) is 0 Å². The first-order valence-corrected chi connectivity index (χ1v) is 11.3. The van der Waals surface area contributed by atoms with E-state index in [-0.39, 0.29) is 30.9 Å². The number of nitrogens with one attached hydrogen (secondary N) is 2. The Morgan fingerprint density at radius 3 is 1.78 bits per heavy atom. The first kappa shape index (κ1) is 26.1. The lowest BCUT2D eigenvalue weighted by Crippen LogP contribution is -2.53. The number of amides is 2. The lowest BCUT2D eigenvalue weighted by atomic mass is 10.0. The molecule has 2 atom stereocenters. The van der Waals surface area contributed by atoms with Gasteiger partial charge < -0.3 is 30.3 Å². The van der Waals surface area contributed by atoms with Crippen LogP contribution in [0.3, 0.4) is 0 Å². The van der Waals surface area contributed by atoms with Gasteiger partial charge in [0.25, 0.3) is 0 Å². The molecule has 0 aromatic heterocycles. The summed E-state index contributed by atoms with van der Waals surface area (Å²) in [4.78, 5) is 38.1. The number of esters is 1. The Labute approximate surface area is 208 Å². The van der Waals surface area contributed by atoms with Crippen LogP contribution in [0.2, 0.25) is 0 Å². The molecule has 9 heteroatoms. The summed E-state index contributed by atoms with van der Waals surface area (Å²) in [6.07, 6.45) is -0.603. The van der Waals surface area contributed by atoms with Crippen molar-refractivity contribution >= 4 is 18.0 Å². The maximum Gasteiger partial charge on any atom is 0.408 e. The molecule has 3 aromatic rings. The van der Waals surface area contributed by atoms with E-state index in [9.17, 15) is 24.6 Å². The Kier molecular flexibility index (Phi) is 9.27. The monoisotopic (exact) mass is 492 g/mol. The van der Waals surface area contributed by atoms with Gasteiger partial charge in [-0.1, -0.05) is 54.6 Å². The highest BCUT2D eigenvalue weighted by Gasteiger charge is 2.28. The van der Waals surface area contributed by atoms with E-state index in [4.69, 9.17) is 9.47 Å². The van der Waals surface area contributed by atoms with Gasteiger partial charge in [0.1, 0.15) is 30.2 Å². The molecule has 4 N–H and O–H groups in total. The number of hydrogen-bond acceptors (Lipinski definition) is 7. The Morgan fingerprint density at radius 2 is 1.25 bits per heavy atom. The molecule has 36 heavy (non-hydrogen) atoms. The molecule has 0 heterocycles. The zero-order chi connectivity index (χ0) is 25.9. The number of methoxy groups -OCH3 is 1. The summed E-state index contributed by atoms with van der Waals surface area (Å²) in [6.45, 7) is 0.0197. The standard InChI is InChI=1S/C27H28N2O7/c1-35-26(33)24(16-19-9-13-22(31)14-10-19)28-25(32)23(15-18-7-11-21(30)12-8-18)29-27(34)36-17-20-5-3-2-4-6-20/h2-14,23-24,30-31H,15-17H2,1H3,(H,28,32)(H,29,34)/t23-,24-/m0/s1. The van der Waals surface area contributed by atoms with E-state index in [2.05, 4.69) is 10.6 Å². The fourth-order valence-electron chi connectivity index (χ4n) is 3.46. The van der Waals surface area contributed by atoms with Crippen molar-refractivity contribution in [1.82, 2.24) is 10.6 Å². The number of ether oxygens (including phenoxy) is 2. The van der Waals surface area contributed by atoms with E-state index in [0.29, 0.717) is 11.1 Å². The van der Waals surface area contributed by atoms with Crippen LogP contribution in [-0.2, 0) is 38.5 Å². The number of alkyl carbamates (subject to hydrolysis) is 1. The molecule has 0 fully saturated rings. The molecule has 0 saturated carbocycles. The first-order chi connectivity index (χ1) is 17.3. The quantitative estimate of drug-likeness (QED) is 0.320. The van der Waals surface area contributed by atoms with Crippen LogP contribution < -0.4 is 10.6 Å². The molecule has 0 aliphatic carbocycles. The minimum atomic E-state index is -1.08. The molecule has 2 amide bonds. The molecule has 0 aliphatic rings. The maximum absolute atomic E-state index is 13.2. The number of hydrogen-bond donors (Lipinski definition) is 4. The molecular weight excluding hydrogens is 464 g/mol. The number of rotatable bonds is 10. The topological polar surface area (TPSA) is 134 Å². The summed E-state index contributed by atoms with van der Waals surface area (Å²) in [5.41, 5.74) is 2.14. The van der Waals surface area contributed by atoms with Gasteiger partial charge in [0.05, 0.1) is 7.11 Å². The zero-order valence-electron chi connectivity index (χ0n) is 19.7. The first-order valence-electron chi connectivity index (χ1n) is 11.3. The molecule has 0 spiro atoms. The van der Waals surface area contributed by atoms with Gasteiger partial charge in [-0.2, -0.15) is 0 Å². The molecule has 0 unspecified atom stereocenters. The Bertz CT molecular complexity index is 1150. The van der Waals surface area contributed by atoms with Crippen molar-refractivity contribution in [2.75, 3.05) is 7.11 Å². The van der Waals surface area contributed by atoms with Crippen LogP contribution in [-0.4, -0.2) is 47.4 Å². The number of phenolic OH excluding ortho intramolecular Hbond substituents is 2. The van der Waals surface area contributed by atoms with E-state index in [1.165, 1.54) is 31.4 Å². The largest absolute Gasteiger partial charge is 0.508 e. The maximum atomic E-state index is 13.2. The second-order valence-electron chi connectivity index (χ2n) is 8.08. The number of carbonyl (C=O) groups excluding carboxylic acids is 3. The second kappa shape index (κ2) is 12.8. The van der Waals surface area contributed by atoms with Gasteiger partial charge >= 0.3 is 12.1 Å². The van der Waals surface area contributed by atoms with Gasteiger partial charge in [-0.15, -0.1) is 0 Å². The van der Waals surface area contributed by atoms with Gasteiger partial charge in [-0.3, -0.25) is 4.79 Å². The average molecular weight is 493 g/mol. The van der Waals surface area contributed by atoms with Gasteiger partial charge in [-0.05, 0) is 41.0 Å². The average Bonchev–Trinajstić information content (AvgIpc) is 2.89. The SMILES string of the molecule is COC(=O)[C@H](Cc1ccc(O)cc1)NC(=O)[C@H](Cc1ccc(O)cc1)NC(=O)OCc1ccccc1. The smallest absolute Gasteiger partial charge is 0.408 e. The molecule has 3 rings (SSSR count). The van der Waals surface area contributed by atoms with Gasteiger partial charge in [0.2, 0.25) is 5.91 Å². The third-order valence-electron chi connectivity index (χ3n) is 5.38. The minimum absolute atomic E-state index is 0.0197. The Hall–Kier alpha value is -4.53. The van der Waals surface area contributed by atoms with Crippen molar-refractivity contribution in [1.29, 1.82) is 0 Å². The summed E-state index contributed by atoms with van der Waals surface area (Å²) in [5, 5.41) is 24.3. The molecule has 188 valence electrons. The molecular formula is C27H28N2O7. The van der Waals surface area contributed by atoms with Crippen LogP contribution in [0, 0.1) is 0 Å². The highest BCUT2D eigenvalue weighted by Crippen LogP contribution is 2.14. The number of aromatic hydroxyl groups is 2. The van der Waals surface area contributed by atoms with E-state index in [1.807, 2.05) is 18.2 Å². The third-order valence-corrected chi connectivity index (χ3v) is 5.38. The number of phenols is 2. The van der Waals surface area contributed by atoms with Gasteiger partial charge in [0, 0.05) is 12.8 Å². The van der Waals surface area contributed by atoms with Crippen LogP contribution in [0.15, 0.2) is 78.9 Å².